The second kappa shape index (κ2) is 5.30. The summed E-state index contributed by atoms with van der Waals surface area (Å²) in [4.78, 5) is 9.01. The van der Waals surface area contributed by atoms with Crippen LogP contribution in [0.4, 0.5) is 10.2 Å². The normalized spacial score (nSPS) is 10.9. The van der Waals surface area contributed by atoms with Crippen LogP contribution in [0.2, 0.25) is 5.02 Å². The van der Waals surface area contributed by atoms with Crippen LogP contribution in [0, 0.1) is 12.7 Å². The van der Waals surface area contributed by atoms with E-state index in [9.17, 15) is 4.39 Å². The molecule has 2 aromatic carbocycles. The van der Waals surface area contributed by atoms with Gasteiger partial charge in [0.1, 0.15) is 11.6 Å². The molecular formula is C16H13ClFN3. The Kier molecular flexibility index (Phi) is 3.47. The zero-order valence-corrected chi connectivity index (χ0v) is 12.4. The Balaban J connectivity index is 2.34. The molecule has 0 aliphatic rings. The van der Waals surface area contributed by atoms with E-state index >= 15 is 0 Å². The van der Waals surface area contributed by atoms with Gasteiger partial charge in [-0.2, -0.15) is 0 Å². The molecule has 0 bridgehead atoms. The standard InChI is InChI=1S/C16H13ClFN3/c1-9-5-3-7-11-14(9)20-16(21-15(11)19-2)10-6-4-8-12(18)13(10)17/h3-8H,1-2H3,(H,19,20,21). The van der Waals surface area contributed by atoms with Crippen molar-refractivity contribution in [2.45, 2.75) is 6.92 Å². The minimum Gasteiger partial charge on any atom is -0.373 e. The maximum absolute atomic E-state index is 13.6. The van der Waals surface area contributed by atoms with Crippen molar-refractivity contribution in [3.63, 3.8) is 0 Å². The van der Waals surface area contributed by atoms with Gasteiger partial charge in [-0.15, -0.1) is 0 Å². The first kappa shape index (κ1) is 13.8. The quantitative estimate of drug-likeness (QED) is 0.760. The van der Waals surface area contributed by atoms with Crippen LogP contribution >= 0.6 is 11.6 Å². The van der Waals surface area contributed by atoms with Crippen LogP contribution in [-0.4, -0.2) is 17.0 Å². The van der Waals surface area contributed by atoms with Crippen molar-refractivity contribution in [3.8, 4) is 11.4 Å². The van der Waals surface area contributed by atoms with Crippen LogP contribution in [0.25, 0.3) is 22.3 Å². The topological polar surface area (TPSA) is 37.8 Å². The van der Waals surface area contributed by atoms with Crippen LogP contribution in [0.1, 0.15) is 5.56 Å². The number of aromatic nitrogens is 2. The van der Waals surface area contributed by atoms with E-state index in [0.717, 1.165) is 16.5 Å². The van der Waals surface area contributed by atoms with Gasteiger partial charge in [0.25, 0.3) is 0 Å². The molecule has 0 aliphatic heterocycles. The number of para-hydroxylation sites is 1. The van der Waals surface area contributed by atoms with E-state index in [1.165, 1.54) is 6.07 Å². The first-order chi connectivity index (χ1) is 10.1. The summed E-state index contributed by atoms with van der Waals surface area (Å²) in [5.41, 5.74) is 2.34. The molecule has 3 aromatic rings. The first-order valence-electron chi connectivity index (χ1n) is 6.51. The van der Waals surface area contributed by atoms with E-state index in [-0.39, 0.29) is 5.02 Å². The van der Waals surface area contributed by atoms with E-state index in [1.807, 2.05) is 25.1 Å². The summed E-state index contributed by atoms with van der Waals surface area (Å²) in [6.07, 6.45) is 0. The molecule has 0 saturated carbocycles. The van der Waals surface area contributed by atoms with Crippen molar-refractivity contribution in [2.75, 3.05) is 12.4 Å². The minimum absolute atomic E-state index is 0.0347. The Hall–Kier alpha value is -2.20. The zero-order valence-electron chi connectivity index (χ0n) is 11.6. The average Bonchev–Trinajstić information content (AvgIpc) is 2.49. The molecule has 0 radical (unpaired) electrons. The molecule has 1 N–H and O–H groups in total. The third kappa shape index (κ3) is 2.32. The van der Waals surface area contributed by atoms with E-state index in [2.05, 4.69) is 15.3 Å². The summed E-state index contributed by atoms with van der Waals surface area (Å²) >= 11 is 6.04. The molecule has 0 atom stereocenters. The van der Waals surface area contributed by atoms with Gasteiger partial charge >= 0.3 is 0 Å². The number of rotatable bonds is 2. The minimum atomic E-state index is -0.478. The predicted molar refractivity (Wildman–Crippen MR) is 84.2 cm³/mol. The number of benzene rings is 2. The molecule has 0 spiro atoms. The van der Waals surface area contributed by atoms with Crippen LogP contribution < -0.4 is 5.32 Å². The fraction of sp³-hybridized carbons (Fsp3) is 0.125. The zero-order chi connectivity index (χ0) is 15.0. The molecule has 106 valence electrons. The molecule has 3 nitrogen and oxygen atoms in total. The Morgan fingerprint density at radius 3 is 2.62 bits per heavy atom. The fourth-order valence-electron chi connectivity index (χ4n) is 2.28. The van der Waals surface area contributed by atoms with Gasteiger partial charge in [0, 0.05) is 18.0 Å². The lowest BCUT2D eigenvalue weighted by Crippen LogP contribution is -2.00. The van der Waals surface area contributed by atoms with Crippen molar-refractivity contribution in [2.24, 2.45) is 0 Å². The third-order valence-corrected chi connectivity index (χ3v) is 3.74. The number of fused-ring (bicyclic) bond motifs is 1. The van der Waals surface area contributed by atoms with E-state index in [0.29, 0.717) is 17.2 Å². The van der Waals surface area contributed by atoms with Gasteiger partial charge in [-0.3, -0.25) is 0 Å². The summed E-state index contributed by atoms with van der Waals surface area (Å²) in [6.45, 7) is 1.98. The van der Waals surface area contributed by atoms with Crippen molar-refractivity contribution >= 4 is 28.3 Å². The molecule has 3 rings (SSSR count). The molecular weight excluding hydrogens is 289 g/mol. The highest BCUT2D eigenvalue weighted by Crippen LogP contribution is 2.31. The molecule has 1 heterocycles. The summed E-state index contributed by atoms with van der Waals surface area (Å²) in [5.74, 6) is 0.623. The maximum atomic E-state index is 13.6. The van der Waals surface area contributed by atoms with E-state index in [1.54, 1.807) is 19.2 Å². The Morgan fingerprint density at radius 1 is 1.10 bits per heavy atom. The van der Waals surface area contributed by atoms with Crippen LogP contribution in [-0.2, 0) is 0 Å². The fourth-order valence-corrected chi connectivity index (χ4v) is 2.49. The molecule has 0 unspecified atom stereocenters. The summed E-state index contributed by atoms with van der Waals surface area (Å²) in [5, 5.41) is 4.01. The highest BCUT2D eigenvalue weighted by molar-refractivity contribution is 6.33. The average molecular weight is 302 g/mol. The number of hydrogen-bond acceptors (Lipinski definition) is 3. The van der Waals surface area contributed by atoms with Crippen LogP contribution in [0.3, 0.4) is 0 Å². The maximum Gasteiger partial charge on any atom is 0.163 e. The Labute approximate surface area is 126 Å². The van der Waals surface area contributed by atoms with E-state index in [4.69, 9.17) is 11.6 Å². The predicted octanol–water partition coefficient (Wildman–Crippen LogP) is 4.44. The van der Waals surface area contributed by atoms with Gasteiger partial charge in [0.05, 0.1) is 10.5 Å². The van der Waals surface area contributed by atoms with E-state index < -0.39 is 5.82 Å². The smallest absolute Gasteiger partial charge is 0.163 e. The van der Waals surface area contributed by atoms with Crippen molar-refractivity contribution in [1.29, 1.82) is 0 Å². The molecule has 0 amide bonds. The van der Waals surface area contributed by atoms with Gasteiger partial charge < -0.3 is 5.32 Å². The van der Waals surface area contributed by atoms with Gasteiger partial charge in [-0.1, -0.05) is 29.8 Å². The molecule has 0 saturated heterocycles. The summed E-state index contributed by atoms with van der Waals surface area (Å²) < 4.78 is 13.6. The lowest BCUT2D eigenvalue weighted by Gasteiger charge is -2.10. The van der Waals surface area contributed by atoms with Crippen molar-refractivity contribution < 1.29 is 4.39 Å². The highest BCUT2D eigenvalue weighted by atomic mass is 35.5. The van der Waals surface area contributed by atoms with Gasteiger partial charge in [0.2, 0.25) is 0 Å². The van der Waals surface area contributed by atoms with Gasteiger partial charge in [-0.25, -0.2) is 14.4 Å². The number of anilines is 1. The number of nitrogens with zero attached hydrogens (tertiary/aromatic N) is 2. The lowest BCUT2D eigenvalue weighted by atomic mass is 10.1. The Bertz CT molecular complexity index is 833. The number of aryl methyl sites for hydroxylation is 1. The Morgan fingerprint density at radius 2 is 1.86 bits per heavy atom. The summed E-state index contributed by atoms with van der Waals surface area (Å²) in [6, 6.07) is 10.5. The highest BCUT2D eigenvalue weighted by Gasteiger charge is 2.14. The monoisotopic (exact) mass is 301 g/mol. The first-order valence-corrected chi connectivity index (χ1v) is 6.89. The molecule has 5 heteroatoms. The largest absolute Gasteiger partial charge is 0.373 e. The van der Waals surface area contributed by atoms with Crippen molar-refractivity contribution in [1.82, 2.24) is 9.97 Å². The third-order valence-electron chi connectivity index (χ3n) is 3.36. The van der Waals surface area contributed by atoms with Gasteiger partial charge in [-0.05, 0) is 30.7 Å². The summed E-state index contributed by atoms with van der Waals surface area (Å²) in [7, 11) is 1.79. The van der Waals surface area contributed by atoms with Crippen LogP contribution in [0.5, 0.6) is 0 Å². The second-order valence-corrected chi connectivity index (χ2v) is 5.10. The van der Waals surface area contributed by atoms with Gasteiger partial charge in [0.15, 0.2) is 5.82 Å². The molecule has 0 aliphatic carbocycles. The number of halogens is 2. The lowest BCUT2D eigenvalue weighted by molar-refractivity contribution is 0.628. The number of nitrogens with one attached hydrogen (secondary N) is 1. The van der Waals surface area contributed by atoms with Crippen molar-refractivity contribution in [3.05, 3.63) is 52.8 Å². The molecule has 0 fully saturated rings. The van der Waals surface area contributed by atoms with Crippen LogP contribution in [0.15, 0.2) is 36.4 Å². The second-order valence-electron chi connectivity index (χ2n) is 4.72. The molecule has 21 heavy (non-hydrogen) atoms. The number of hydrogen-bond donors (Lipinski definition) is 1. The molecule has 1 aromatic heterocycles. The SMILES string of the molecule is CNc1nc(-c2cccc(F)c2Cl)nc2c(C)cccc12.